The first-order valence-electron chi connectivity index (χ1n) is 14.2. The number of hydrogen-bond acceptors (Lipinski definition) is 5. The number of aliphatic hydroxyl groups is 1. The van der Waals surface area contributed by atoms with Gasteiger partial charge < -0.3 is 10.4 Å². The topological polar surface area (TPSA) is 90.9 Å². The van der Waals surface area contributed by atoms with Gasteiger partial charge in [-0.1, -0.05) is 18.2 Å². The van der Waals surface area contributed by atoms with E-state index in [1.54, 1.807) is 0 Å². The number of carbonyl (C=O) groups is 2. The Bertz CT molecular complexity index is 1540. The third-order valence-electron chi connectivity index (χ3n) is 7.50. The molecule has 1 heterocycles. The monoisotopic (exact) mass is 679 g/mol. The Morgan fingerprint density at radius 2 is 1.69 bits per heavy atom. The van der Waals surface area contributed by atoms with E-state index in [9.17, 15) is 14.7 Å². The van der Waals surface area contributed by atoms with Crippen molar-refractivity contribution in [2.24, 2.45) is 0 Å². The minimum atomic E-state index is -1.11. The minimum absolute atomic E-state index is 0.00182. The maximum absolute atomic E-state index is 13.0. The zero-order valence-corrected chi connectivity index (χ0v) is 26.3. The van der Waals surface area contributed by atoms with Crippen molar-refractivity contribution >= 4 is 54.2 Å². The number of hydrogen-bond donors (Lipinski definition) is 3. The fourth-order valence-corrected chi connectivity index (χ4v) is 7.79. The number of fused-ring (bicyclic) bond motifs is 1. The number of carbonyl (C=O) groups excluding carboxylic acids is 2. The Hall–Kier alpha value is -3.47. The summed E-state index contributed by atoms with van der Waals surface area (Å²) in [5.41, 5.74) is 5.11. The Balaban J connectivity index is 1.25. The normalized spacial score (nSPS) is 15.7. The molecule has 42 heavy (non-hydrogen) atoms. The van der Waals surface area contributed by atoms with E-state index in [-0.39, 0.29) is 18.6 Å². The second-order valence-corrected chi connectivity index (χ2v) is 16.2. The van der Waals surface area contributed by atoms with Crippen molar-refractivity contribution in [3.8, 4) is 11.1 Å². The van der Waals surface area contributed by atoms with Crippen LogP contribution in [-0.2, 0) is 22.6 Å². The number of anilines is 2. The molecule has 4 aromatic rings. The van der Waals surface area contributed by atoms with Crippen molar-refractivity contribution in [3.05, 3.63) is 96.1 Å². The van der Waals surface area contributed by atoms with E-state index in [2.05, 4.69) is 23.6 Å². The number of benzene rings is 4. The summed E-state index contributed by atoms with van der Waals surface area (Å²) in [5, 5.41) is 17.4. The number of aryl methyl sites for hydroxylation is 1. The van der Waals surface area contributed by atoms with Crippen LogP contribution in [0.5, 0.6) is 0 Å². The first kappa shape index (κ1) is 30.0. The van der Waals surface area contributed by atoms with Crippen molar-refractivity contribution in [1.29, 1.82) is 0 Å². The summed E-state index contributed by atoms with van der Waals surface area (Å²) in [5.74, 6) is -0.0848. The molecule has 8 heteroatoms. The number of amides is 2. The zero-order valence-electron chi connectivity index (χ0n) is 24.1. The second-order valence-electron chi connectivity index (χ2n) is 10.7. The number of ether oxygens (including phenoxy) is 1. The average Bonchev–Trinajstić information content (AvgIpc) is 3.00. The summed E-state index contributed by atoms with van der Waals surface area (Å²) in [6.45, 7) is 1.91. The van der Waals surface area contributed by atoms with E-state index in [0.29, 0.717) is 18.5 Å². The number of nitrogens with zero attached hydrogens (tertiary/aromatic N) is 1. The van der Waals surface area contributed by atoms with Gasteiger partial charge in [0, 0.05) is 5.69 Å². The maximum atomic E-state index is 13.0. The number of aliphatic hydroxyl groups excluding tert-OH is 1. The molecule has 1 aliphatic heterocycles. The molecule has 2 amide bonds. The predicted molar refractivity (Wildman–Crippen MR) is 179 cm³/mol. The van der Waals surface area contributed by atoms with Gasteiger partial charge in [-0.2, -0.15) is 0 Å². The van der Waals surface area contributed by atoms with Crippen LogP contribution in [0.4, 0.5) is 16.2 Å². The van der Waals surface area contributed by atoms with Crippen LogP contribution in [0.1, 0.15) is 30.4 Å². The standard InChI is InChI=1S/C34H38IN3O4/c1-35(2)38-18-6-9-30(22-38)42-34(41)37-32-20-24(11-16-31(32)26-7-4-3-5-8-26)12-17-33(40)36-29-15-14-27-19-25(23-39)10-13-28(27)21-29/h3-5,7-8,10-11,13-16,19-21,30,39H,6,9,12,17-18,22-23H2,1-2H3,(H,36,40)(H,37,41). The molecule has 7 nitrogen and oxygen atoms in total. The van der Waals surface area contributed by atoms with Crippen molar-refractivity contribution in [2.75, 3.05) is 33.6 Å². The molecule has 3 N–H and O–H groups in total. The molecule has 0 radical (unpaired) electrons. The van der Waals surface area contributed by atoms with Gasteiger partial charge in [0.05, 0.1) is 6.61 Å². The van der Waals surface area contributed by atoms with Gasteiger partial charge in [-0.25, -0.2) is 0 Å². The third-order valence-corrected chi connectivity index (χ3v) is 11.1. The van der Waals surface area contributed by atoms with Gasteiger partial charge in [0.1, 0.15) is 0 Å². The van der Waals surface area contributed by atoms with Gasteiger partial charge in [-0.3, -0.25) is 4.79 Å². The summed E-state index contributed by atoms with van der Waals surface area (Å²) in [6.07, 6.45) is 2.21. The van der Waals surface area contributed by atoms with Gasteiger partial charge >= 0.3 is 176 Å². The Morgan fingerprint density at radius 3 is 2.48 bits per heavy atom. The van der Waals surface area contributed by atoms with Crippen molar-refractivity contribution in [3.63, 3.8) is 0 Å². The molecule has 0 saturated carbocycles. The molecule has 0 aliphatic carbocycles. The van der Waals surface area contributed by atoms with Gasteiger partial charge in [-0.15, -0.1) is 0 Å². The Labute approximate surface area is 255 Å². The molecular weight excluding hydrogens is 641 g/mol. The summed E-state index contributed by atoms with van der Waals surface area (Å²) in [4.78, 5) is 30.5. The summed E-state index contributed by atoms with van der Waals surface area (Å²) in [6, 6.07) is 27.4. The fraction of sp³-hybridized carbons (Fsp3) is 0.294. The Kier molecular flexibility index (Phi) is 10.1. The number of rotatable bonds is 9. The predicted octanol–water partition coefficient (Wildman–Crippen LogP) is 7.26. The molecule has 0 spiro atoms. The molecule has 0 aromatic heterocycles. The SMILES string of the molecule is CI(C)N1CCCC(OC(=O)Nc2cc(CCC(=O)Nc3ccc4cc(CO)ccc4c3)ccc2-c2ccccc2)C1. The first-order chi connectivity index (χ1) is 20.4. The van der Waals surface area contributed by atoms with Gasteiger partial charge in [0.15, 0.2) is 0 Å². The molecular formula is C34H38IN3O4. The molecule has 220 valence electrons. The van der Waals surface area contributed by atoms with E-state index in [1.165, 1.54) is 0 Å². The molecule has 1 atom stereocenters. The summed E-state index contributed by atoms with van der Waals surface area (Å²) < 4.78 is 8.37. The second kappa shape index (κ2) is 14.1. The van der Waals surface area contributed by atoms with E-state index in [0.717, 1.165) is 64.6 Å². The van der Waals surface area contributed by atoms with Crippen LogP contribution >= 0.6 is 20.1 Å². The van der Waals surface area contributed by atoms with Crippen molar-refractivity contribution < 1.29 is 19.4 Å². The van der Waals surface area contributed by atoms with Crippen LogP contribution in [0.3, 0.4) is 0 Å². The van der Waals surface area contributed by atoms with Crippen molar-refractivity contribution in [2.45, 2.75) is 38.4 Å². The van der Waals surface area contributed by atoms with Crippen LogP contribution in [0, 0.1) is 0 Å². The van der Waals surface area contributed by atoms with Gasteiger partial charge in [-0.05, 0) is 34.5 Å². The molecule has 1 unspecified atom stereocenters. The number of piperidine rings is 1. The Morgan fingerprint density at radius 1 is 0.929 bits per heavy atom. The van der Waals surface area contributed by atoms with Crippen LogP contribution in [-0.4, -0.2) is 49.3 Å². The molecule has 1 fully saturated rings. The van der Waals surface area contributed by atoms with E-state index >= 15 is 0 Å². The quantitative estimate of drug-likeness (QED) is 0.0985. The van der Waals surface area contributed by atoms with Gasteiger partial charge in [0.2, 0.25) is 0 Å². The summed E-state index contributed by atoms with van der Waals surface area (Å²) in [7, 11) is 0. The molecule has 1 aliphatic rings. The fourth-order valence-electron chi connectivity index (χ4n) is 5.26. The first-order valence-corrected chi connectivity index (χ1v) is 19.5. The van der Waals surface area contributed by atoms with Crippen LogP contribution in [0.25, 0.3) is 21.9 Å². The third kappa shape index (κ3) is 7.87. The van der Waals surface area contributed by atoms with E-state index in [4.69, 9.17) is 4.74 Å². The molecule has 4 aromatic carbocycles. The van der Waals surface area contributed by atoms with Crippen LogP contribution in [0.15, 0.2) is 84.9 Å². The number of halogens is 1. The molecule has 1 saturated heterocycles. The average molecular weight is 680 g/mol. The molecule has 0 bridgehead atoms. The van der Waals surface area contributed by atoms with Crippen LogP contribution in [0.2, 0.25) is 0 Å². The van der Waals surface area contributed by atoms with Crippen LogP contribution < -0.4 is 10.6 Å². The summed E-state index contributed by atoms with van der Waals surface area (Å²) >= 11 is -1.11. The van der Waals surface area contributed by atoms with Gasteiger partial charge in [0.25, 0.3) is 0 Å². The molecule has 5 rings (SSSR count). The van der Waals surface area contributed by atoms with E-state index < -0.39 is 26.2 Å². The zero-order chi connectivity index (χ0) is 29.5. The van der Waals surface area contributed by atoms with E-state index in [1.807, 2.05) is 84.9 Å². The van der Waals surface area contributed by atoms with Crippen molar-refractivity contribution in [1.82, 2.24) is 3.11 Å². The number of alkyl halides is 2. The number of nitrogens with one attached hydrogen (secondary N) is 2.